The Morgan fingerprint density at radius 2 is 0.565 bits per heavy atom. The minimum Gasteiger partial charge on any atom is -0.618 e. The molecule has 0 atom stereocenters. The Morgan fingerprint density at radius 3 is 0.906 bits per heavy atom. The number of benzene rings is 7. The number of ether oxygens (including phenoxy) is 7. The molecule has 0 aliphatic heterocycles. The van der Waals surface area contributed by atoms with Gasteiger partial charge in [0.1, 0.15) is 73.3 Å². The van der Waals surface area contributed by atoms with E-state index >= 15 is 0 Å². The van der Waals surface area contributed by atoms with Crippen LogP contribution in [0.4, 0.5) is 0 Å². The van der Waals surface area contributed by atoms with Gasteiger partial charge in [0, 0.05) is 74.1 Å². The first-order valence-corrected chi connectivity index (χ1v) is 47.5. The van der Waals surface area contributed by atoms with Gasteiger partial charge in [-0.15, -0.1) is 0 Å². The number of hydrogen-bond donors (Lipinski definition) is 0. The van der Waals surface area contributed by atoms with Gasteiger partial charge in [0.25, 0.3) is 0 Å². The Kier molecular flexibility index (Phi) is 40.1. The molecule has 0 radical (unpaired) electrons. The van der Waals surface area contributed by atoms with Gasteiger partial charge >= 0.3 is 0 Å². The van der Waals surface area contributed by atoms with Crippen LogP contribution in [0.3, 0.4) is 0 Å². The van der Waals surface area contributed by atoms with E-state index in [0.717, 1.165) is 106 Å². The number of aryl methyl sites for hydroxylation is 9. The lowest BCUT2D eigenvalue weighted by Gasteiger charge is -2.20. The Morgan fingerprint density at radius 1 is 0.261 bits per heavy atom. The highest BCUT2D eigenvalue weighted by Gasteiger charge is 2.23. The standard InChI is InChI=1S/C18H23NO2.C18H23NO.C17H22N2O.C17H21NO2.C17H21NO.C16H20N2O.C15H17ClN2O/c1-13-11-15(18(3,4)5)9-10-17(13)21-12-16-8-6-7-14(2)19(16)20;1-13-11-15(18(3,4)5)9-10-17(13)20-12-16-8-6-7-14(2)19-16;1-12-8-14(17(3,4)5)6-7-16(12)20-11-15-10-18-9-13(2)19-15;1-13-11-14(17(2,3)4)8-9-16(13)20-12-15-7-5-6-10-18(15)19;1-13-11-14(17(2,3)4)8-9-16(13)19-12-15-7-5-6-10-18-15;1-12-9-13(16(2,3)4)5-6-15(12)19-11-14-10-17-7-8-18-14;1-15(2,3)11-4-5-14(13(16)8-11)19-10-12-9-17-6-7-18-12/h6-11H,12H2,1-5H3;6-11H,12H2,1-5H3;6-10H,11H2,1-5H3;5-11H,12H2,1-4H3;5-11H,12H2,1-4H3;5-10H,11H2,1-4H3;4-9H,10H2,1-3H3. The number of pyridine rings is 4. The number of halogens is 1. The van der Waals surface area contributed by atoms with Crippen molar-refractivity contribution in [2.45, 2.75) is 292 Å². The third-order valence-electron chi connectivity index (χ3n) is 22.5. The summed E-state index contributed by atoms with van der Waals surface area (Å²) in [6.07, 6.45) is 16.8. The molecule has 0 aliphatic rings. The molecule has 20 heteroatoms. The van der Waals surface area contributed by atoms with Gasteiger partial charge < -0.3 is 43.6 Å². The Labute approximate surface area is 827 Å². The molecule has 0 unspecified atom stereocenters. The van der Waals surface area contributed by atoms with Crippen molar-refractivity contribution in [2.75, 3.05) is 0 Å². The normalized spacial score (nSPS) is 11.4. The largest absolute Gasteiger partial charge is 0.618 e. The molecule has 0 bridgehead atoms. The van der Waals surface area contributed by atoms with Crippen LogP contribution in [0.25, 0.3) is 0 Å². The third kappa shape index (κ3) is 36.4. The second-order valence-corrected chi connectivity index (χ2v) is 42.3. The minimum atomic E-state index is 0.0765. The molecule has 0 fully saturated rings. The predicted octanol–water partition coefficient (Wildman–Crippen LogP) is 27.8. The lowest BCUT2D eigenvalue weighted by Crippen LogP contribution is -2.35. The molecule has 14 rings (SSSR count). The van der Waals surface area contributed by atoms with Crippen molar-refractivity contribution in [1.82, 2.24) is 39.9 Å². The second kappa shape index (κ2) is 50.3. The number of hydrogen-bond acceptors (Lipinski definition) is 17. The molecule has 14 aromatic rings. The molecule has 0 saturated carbocycles. The zero-order valence-corrected chi connectivity index (χ0v) is 88.1. The van der Waals surface area contributed by atoms with E-state index in [1.54, 1.807) is 87.0 Å². The zero-order valence-electron chi connectivity index (χ0n) is 87.3. The second-order valence-electron chi connectivity index (χ2n) is 41.9. The van der Waals surface area contributed by atoms with Crippen LogP contribution in [0, 0.1) is 72.7 Å². The van der Waals surface area contributed by atoms with E-state index in [1.165, 1.54) is 56.3 Å². The van der Waals surface area contributed by atoms with Crippen LogP contribution in [-0.4, -0.2) is 39.9 Å². The lowest BCUT2D eigenvalue weighted by atomic mass is 9.86. The summed E-state index contributed by atoms with van der Waals surface area (Å²) in [5, 5.41) is 24.1. The highest BCUT2D eigenvalue weighted by molar-refractivity contribution is 6.32. The highest BCUT2D eigenvalue weighted by atomic mass is 35.5. The van der Waals surface area contributed by atoms with Crippen LogP contribution in [0.2, 0.25) is 5.02 Å². The zero-order chi connectivity index (χ0) is 102. The summed E-state index contributed by atoms with van der Waals surface area (Å²) in [5.41, 5.74) is 25.0. The maximum Gasteiger partial charge on any atom is 0.230 e. The van der Waals surface area contributed by atoms with Crippen molar-refractivity contribution in [3.05, 3.63) is 407 Å². The Hall–Kier alpha value is -13.1. The van der Waals surface area contributed by atoms with E-state index < -0.39 is 0 Å². The van der Waals surface area contributed by atoms with Crippen molar-refractivity contribution in [2.24, 2.45) is 0 Å². The van der Waals surface area contributed by atoms with Crippen LogP contribution >= 0.6 is 11.6 Å². The lowest BCUT2D eigenvalue weighted by molar-refractivity contribution is -0.622. The molecule has 19 nitrogen and oxygen atoms in total. The first-order chi connectivity index (χ1) is 64.8. The van der Waals surface area contributed by atoms with Crippen molar-refractivity contribution >= 4 is 11.6 Å². The highest BCUT2D eigenvalue weighted by Crippen LogP contribution is 2.37. The fourth-order valence-electron chi connectivity index (χ4n) is 13.7. The maximum absolute atomic E-state index is 11.9. The van der Waals surface area contributed by atoms with E-state index in [2.05, 4.69) is 298 Å². The van der Waals surface area contributed by atoms with Crippen molar-refractivity contribution in [1.29, 1.82) is 0 Å². The summed E-state index contributed by atoms with van der Waals surface area (Å²) in [7, 11) is 0. The van der Waals surface area contributed by atoms with Gasteiger partial charge in [0.2, 0.25) is 11.4 Å². The van der Waals surface area contributed by atoms with Crippen molar-refractivity contribution < 1.29 is 42.6 Å². The van der Waals surface area contributed by atoms with E-state index in [1.807, 2.05) is 119 Å². The smallest absolute Gasteiger partial charge is 0.230 e. The van der Waals surface area contributed by atoms with Gasteiger partial charge in [0.05, 0.1) is 57.8 Å². The SMILES string of the molecule is CC(C)(C)c1ccc(OCc2cnccn2)c(Cl)c1.Cc1cc(C(C)(C)C)ccc1OCc1cccc(C)[n+]1[O-].Cc1cc(C(C)(C)C)ccc1OCc1cccc[n+]1[O-].Cc1cc(C(C)(C)C)ccc1OCc1ccccn1.Cc1cc(C(C)(C)C)ccc1OCc1cnccn1.Cc1cccc(COc2ccc(C(C)(C)C)cc2C)n1.Cc1cncc(COc2ccc(C(C)(C)C)cc2C)n1. The fourth-order valence-corrected chi connectivity index (χ4v) is 13.9. The third-order valence-corrected chi connectivity index (χ3v) is 22.8. The van der Waals surface area contributed by atoms with E-state index in [0.29, 0.717) is 60.9 Å². The quantitative estimate of drug-likeness (QED) is 0.0482. The topological polar surface area (TPSA) is 222 Å². The Bertz CT molecular complexity index is 5830. The number of aromatic nitrogens is 10. The van der Waals surface area contributed by atoms with Crippen molar-refractivity contribution in [3.63, 3.8) is 0 Å². The van der Waals surface area contributed by atoms with Crippen LogP contribution < -0.4 is 42.6 Å². The molecular formula is C118H147ClN10O9. The average Bonchev–Trinajstić information content (AvgIpc) is 0.885. The Balaban J connectivity index is 0.000000198. The van der Waals surface area contributed by atoms with Crippen molar-refractivity contribution in [3.8, 4) is 40.2 Å². The molecule has 0 aliphatic carbocycles. The molecule has 138 heavy (non-hydrogen) atoms. The van der Waals surface area contributed by atoms with Gasteiger partial charge in [0.15, 0.2) is 25.1 Å². The molecule has 0 amide bonds. The summed E-state index contributed by atoms with van der Waals surface area (Å²) in [5.74, 6) is 5.98. The van der Waals surface area contributed by atoms with Crippen LogP contribution in [-0.2, 0) is 84.2 Å². The van der Waals surface area contributed by atoms with E-state index in [9.17, 15) is 10.4 Å². The number of nitrogens with zero attached hydrogens (tertiary/aromatic N) is 10. The maximum atomic E-state index is 11.9. The molecule has 0 N–H and O–H groups in total. The van der Waals surface area contributed by atoms with E-state index in [-0.39, 0.29) is 51.1 Å². The average molecular weight is 1880 g/mol. The van der Waals surface area contributed by atoms with Crippen LogP contribution in [0.1, 0.15) is 275 Å². The molecule has 7 heterocycles. The molecule has 730 valence electrons. The number of rotatable bonds is 21. The minimum absolute atomic E-state index is 0.0765. The van der Waals surface area contributed by atoms with Gasteiger partial charge in [-0.1, -0.05) is 248 Å². The van der Waals surface area contributed by atoms with Gasteiger partial charge in [-0.3, -0.25) is 39.9 Å². The molecule has 7 aromatic carbocycles. The summed E-state index contributed by atoms with van der Waals surface area (Å²) in [6.45, 7) is 67.1. The predicted molar refractivity (Wildman–Crippen MR) is 559 cm³/mol. The molecule has 0 spiro atoms. The monoisotopic (exact) mass is 1880 g/mol. The molecule has 7 aromatic heterocycles. The summed E-state index contributed by atoms with van der Waals surface area (Å²) in [4.78, 5) is 33.6. The summed E-state index contributed by atoms with van der Waals surface area (Å²) >= 11 is 6.24. The van der Waals surface area contributed by atoms with Crippen LogP contribution in [0.15, 0.2) is 262 Å². The first-order valence-electron chi connectivity index (χ1n) is 47.1. The summed E-state index contributed by atoms with van der Waals surface area (Å²) in [6, 6.07) is 66.5. The van der Waals surface area contributed by atoms with Gasteiger partial charge in [-0.25, -0.2) is 0 Å². The molecule has 0 saturated heterocycles. The first kappa shape index (κ1) is 110. The molecular weight excluding hydrogens is 1740 g/mol. The van der Waals surface area contributed by atoms with Gasteiger partial charge in [-0.2, -0.15) is 9.46 Å². The summed E-state index contributed by atoms with van der Waals surface area (Å²) < 4.78 is 42.3. The van der Waals surface area contributed by atoms with E-state index in [4.69, 9.17) is 44.8 Å². The van der Waals surface area contributed by atoms with Crippen LogP contribution in [0.5, 0.6) is 40.2 Å². The van der Waals surface area contributed by atoms with Gasteiger partial charge in [-0.05, 0) is 251 Å². The fraction of sp³-hybridized carbons (Fsp3) is 0.373.